The lowest BCUT2D eigenvalue weighted by Gasteiger charge is -2.32. The Hall–Kier alpha value is -3.31. The van der Waals surface area contributed by atoms with Crippen molar-refractivity contribution in [3.63, 3.8) is 0 Å². The maximum atomic E-state index is 12.6. The van der Waals surface area contributed by atoms with Gasteiger partial charge in [0.05, 0.1) is 16.7 Å². The molecule has 0 aromatic heterocycles. The van der Waals surface area contributed by atoms with Crippen LogP contribution in [0.4, 0.5) is 0 Å². The molecule has 30 heavy (non-hydrogen) atoms. The van der Waals surface area contributed by atoms with Crippen molar-refractivity contribution in [3.8, 4) is 17.2 Å². The number of allylic oxidation sites excluding steroid dienone is 1. The molecule has 156 valence electrons. The normalized spacial score (nSPS) is 18.5. The highest BCUT2D eigenvalue weighted by Gasteiger charge is 2.31. The minimum Gasteiger partial charge on any atom is -0.506 e. The zero-order valence-corrected chi connectivity index (χ0v) is 17.3. The van der Waals surface area contributed by atoms with Gasteiger partial charge >= 0.3 is 0 Å². The Morgan fingerprint density at radius 2 is 1.90 bits per heavy atom. The van der Waals surface area contributed by atoms with Crippen LogP contribution in [0.5, 0.6) is 17.2 Å². The van der Waals surface area contributed by atoms with Gasteiger partial charge in [0.1, 0.15) is 11.4 Å². The van der Waals surface area contributed by atoms with Crippen molar-refractivity contribution < 1.29 is 24.9 Å². The molecule has 0 amide bonds. The number of ketones is 1. The number of phenolic OH excluding ortho intramolecular Hbond substituents is 2. The van der Waals surface area contributed by atoms with E-state index >= 15 is 0 Å². The van der Waals surface area contributed by atoms with Gasteiger partial charge in [0.25, 0.3) is 0 Å². The Kier molecular flexibility index (Phi) is 5.85. The summed E-state index contributed by atoms with van der Waals surface area (Å²) in [6.45, 7) is 5.18. The maximum Gasteiger partial charge on any atom is 0.189 e. The van der Waals surface area contributed by atoms with Crippen LogP contribution in [0.2, 0.25) is 0 Å². The molecule has 0 saturated heterocycles. The number of carbonyl (C=O) groups excluding carboxylic acids is 1. The monoisotopic (exact) mass is 406 g/mol. The van der Waals surface area contributed by atoms with Crippen molar-refractivity contribution in [1.29, 1.82) is 0 Å². The Bertz CT molecular complexity index is 1030. The van der Waals surface area contributed by atoms with Gasteiger partial charge in [-0.15, -0.1) is 0 Å². The first-order valence-electron chi connectivity index (χ1n) is 9.73. The van der Waals surface area contributed by atoms with E-state index in [4.69, 9.17) is 4.74 Å². The summed E-state index contributed by atoms with van der Waals surface area (Å²) in [7, 11) is 0. The van der Waals surface area contributed by atoms with E-state index in [0.29, 0.717) is 6.42 Å². The predicted octanol–water partition coefficient (Wildman–Crippen LogP) is 4.88. The second-order valence-electron chi connectivity index (χ2n) is 8.15. The van der Waals surface area contributed by atoms with Gasteiger partial charge in [-0.2, -0.15) is 0 Å². The fraction of sp³-hybridized carbons (Fsp3) is 0.240. The summed E-state index contributed by atoms with van der Waals surface area (Å²) in [5.74, 6) is -0.765. The standard InChI is InChI=1S/C25H26O5/c1-24(2,29)13-7-14-25(3)15-12-18-22(28)19(16-21(27)23(18)30-25)20(26)11-10-17-8-5-4-6-9-17/h4-13,15-16,27-29H,14H2,1-3H3/b11-10+,13-7+/t25-/m0/s1. The van der Waals surface area contributed by atoms with Gasteiger partial charge in [-0.05, 0) is 50.6 Å². The number of aromatic hydroxyl groups is 2. The Morgan fingerprint density at radius 3 is 2.57 bits per heavy atom. The molecule has 1 heterocycles. The van der Waals surface area contributed by atoms with Gasteiger partial charge in [-0.1, -0.05) is 48.6 Å². The van der Waals surface area contributed by atoms with E-state index in [9.17, 15) is 20.1 Å². The molecular weight excluding hydrogens is 380 g/mol. The average molecular weight is 406 g/mol. The average Bonchev–Trinajstić information content (AvgIpc) is 2.68. The number of hydrogen-bond acceptors (Lipinski definition) is 5. The summed E-state index contributed by atoms with van der Waals surface area (Å²) in [5.41, 5.74) is -0.592. The number of fused-ring (bicyclic) bond motifs is 1. The van der Waals surface area contributed by atoms with Crippen molar-refractivity contribution in [2.75, 3.05) is 0 Å². The second kappa shape index (κ2) is 8.20. The van der Waals surface area contributed by atoms with Crippen molar-refractivity contribution in [2.45, 2.75) is 38.4 Å². The SMILES string of the molecule is CC(C)(O)/C=C/C[C@@]1(C)C=Cc2c(O)c(C(=O)/C=C/c3ccccc3)cc(O)c2O1. The molecule has 0 fully saturated rings. The largest absolute Gasteiger partial charge is 0.506 e. The van der Waals surface area contributed by atoms with Gasteiger partial charge in [0.15, 0.2) is 17.3 Å². The molecule has 0 saturated carbocycles. The maximum absolute atomic E-state index is 12.6. The number of phenols is 2. The topological polar surface area (TPSA) is 87.0 Å². The fourth-order valence-corrected chi connectivity index (χ4v) is 3.15. The highest BCUT2D eigenvalue weighted by atomic mass is 16.5. The second-order valence-corrected chi connectivity index (χ2v) is 8.15. The number of benzene rings is 2. The smallest absolute Gasteiger partial charge is 0.189 e. The summed E-state index contributed by atoms with van der Waals surface area (Å²) >= 11 is 0. The number of rotatable bonds is 6. The molecule has 5 nitrogen and oxygen atoms in total. The van der Waals surface area contributed by atoms with Crippen molar-refractivity contribution in [3.05, 3.63) is 77.4 Å². The van der Waals surface area contributed by atoms with Crippen molar-refractivity contribution in [1.82, 2.24) is 0 Å². The van der Waals surface area contributed by atoms with Crippen LogP contribution in [0, 0.1) is 0 Å². The zero-order chi connectivity index (χ0) is 21.9. The molecule has 0 radical (unpaired) electrons. The first kappa shape index (κ1) is 21.4. The number of aliphatic hydroxyl groups is 1. The Labute approximate surface area is 176 Å². The Morgan fingerprint density at radius 1 is 1.20 bits per heavy atom. The summed E-state index contributed by atoms with van der Waals surface area (Å²) < 4.78 is 5.95. The minimum atomic E-state index is -0.935. The van der Waals surface area contributed by atoms with Crippen LogP contribution >= 0.6 is 0 Å². The number of ether oxygens (including phenoxy) is 1. The lowest BCUT2D eigenvalue weighted by atomic mass is 9.93. The van der Waals surface area contributed by atoms with Gasteiger partial charge in [0, 0.05) is 6.42 Å². The van der Waals surface area contributed by atoms with Crippen LogP contribution in [0.15, 0.2) is 60.7 Å². The molecule has 0 aliphatic carbocycles. The fourth-order valence-electron chi connectivity index (χ4n) is 3.15. The molecule has 0 spiro atoms. The van der Waals surface area contributed by atoms with Crippen LogP contribution in [0.1, 0.15) is 48.7 Å². The quantitative estimate of drug-likeness (QED) is 0.276. The van der Waals surface area contributed by atoms with Crippen molar-refractivity contribution >= 4 is 17.9 Å². The minimum absolute atomic E-state index is 0.00258. The van der Waals surface area contributed by atoms with Crippen LogP contribution in [0.3, 0.4) is 0 Å². The molecule has 2 aromatic carbocycles. The van der Waals surface area contributed by atoms with E-state index in [-0.39, 0.29) is 28.4 Å². The third-order valence-corrected chi connectivity index (χ3v) is 4.75. The van der Waals surface area contributed by atoms with Gasteiger partial charge in [-0.3, -0.25) is 4.79 Å². The summed E-state index contributed by atoms with van der Waals surface area (Å²) in [4.78, 5) is 12.6. The summed E-state index contributed by atoms with van der Waals surface area (Å²) in [6.07, 6.45) is 10.3. The molecule has 1 aliphatic heterocycles. The zero-order valence-electron chi connectivity index (χ0n) is 17.3. The molecule has 1 aliphatic rings. The first-order chi connectivity index (χ1) is 14.1. The van der Waals surface area contributed by atoms with E-state index < -0.39 is 17.0 Å². The molecule has 0 unspecified atom stereocenters. The van der Waals surface area contributed by atoms with Gasteiger partial charge < -0.3 is 20.1 Å². The summed E-state index contributed by atoms with van der Waals surface area (Å²) in [5, 5.41) is 30.9. The highest BCUT2D eigenvalue weighted by molar-refractivity contribution is 6.10. The molecule has 0 bridgehead atoms. The predicted molar refractivity (Wildman–Crippen MR) is 118 cm³/mol. The molecule has 1 atom stereocenters. The molecule has 3 N–H and O–H groups in total. The van der Waals surface area contributed by atoms with Crippen LogP contribution in [-0.4, -0.2) is 32.3 Å². The number of hydrogen-bond donors (Lipinski definition) is 3. The van der Waals surface area contributed by atoms with Gasteiger partial charge in [-0.25, -0.2) is 0 Å². The molecular formula is C25H26O5. The van der Waals surface area contributed by atoms with E-state index in [1.165, 1.54) is 12.1 Å². The highest BCUT2D eigenvalue weighted by Crippen LogP contribution is 2.45. The third-order valence-electron chi connectivity index (χ3n) is 4.75. The van der Waals surface area contributed by atoms with Crippen LogP contribution in [-0.2, 0) is 0 Å². The number of carbonyl (C=O) groups is 1. The molecule has 2 aromatic rings. The molecule has 5 heteroatoms. The van der Waals surface area contributed by atoms with E-state index in [1.807, 2.05) is 37.3 Å². The third kappa shape index (κ3) is 4.99. The van der Waals surface area contributed by atoms with Crippen LogP contribution in [0.25, 0.3) is 12.2 Å². The van der Waals surface area contributed by atoms with Crippen LogP contribution < -0.4 is 4.74 Å². The van der Waals surface area contributed by atoms with E-state index in [1.54, 1.807) is 44.2 Å². The molecule has 3 rings (SSSR count). The summed E-state index contributed by atoms with van der Waals surface area (Å²) in [6, 6.07) is 10.5. The van der Waals surface area contributed by atoms with E-state index in [0.717, 1.165) is 5.56 Å². The lowest BCUT2D eigenvalue weighted by Crippen LogP contribution is -2.31. The Balaban J connectivity index is 1.86. The van der Waals surface area contributed by atoms with E-state index in [2.05, 4.69) is 0 Å². The lowest BCUT2D eigenvalue weighted by molar-refractivity contribution is 0.104. The van der Waals surface area contributed by atoms with Crippen molar-refractivity contribution in [2.24, 2.45) is 0 Å². The first-order valence-corrected chi connectivity index (χ1v) is 9.73. The van der Waals surface area contributed by atoms with Gasteiger partial charge in [0.2, 0.25) is 0 Å².